The number of nitrogens with one attached hydrogen (secondary N) is 1. The van der Waals surface area contributed by atoms with E-state index in [9.17, 15) is 8.42 Å². The van der Waals surface area contributed by atoms with Gasteiger partial charge < -0.3 is 10.1 Å². The summed E-state index contributed by atoms with van der Waals surface area (Å²) >= 11 is 0. The summed E-state index contributed by atoms with van der Waals surface area (Å²) in [5, 5.41) is 3.35. The highest BCUT2D eigenvalue weighted by Gasteiger charge is 2.39. The number of hydrogen-bond acceptors (Lipinski definition) is 4. The summed E-state index contributed by atoms with van der Waals surface area (Å²) in [5.74, 6) is 1.47. The van der Waals surface area contributed by atoms with Crippen molar-refractivity contribution < 1.29 is 13.2 Å². The minimum absolute atomic E-state index is 0.242. The molecule has 1 aromatic rings. The molecule has 20 heavy (non-hydrogen) atoms. The Bertz CT molecular complexity index is 612. The Morgan fingerprint density at radius 2 is 2.25 bits per heavy atom. The highest BCUT2D eigenvalue weighted by molar-refractivity contribution is 7.91. The molecule has 0 spiro atoms. The van der Waals surface area contributed by atoms with Gasteiger partial charge in [0, 0.05) is 12.0 Å². The van der Waals surface area contributed by atoms with Crippen molar-refractivity contribution in [1.82, 2.24) is 5.32 Å². The molecule has 2 heterocycles. The maximum absolute atomic E-state index is 11.6. The van der Waals surface area contributed by atoms with Crippen LogP contribution in [0.1, 0.15) is 24.5 Å². The van der Waals surface area contributed by atoms with Crippen molar-refractivity contribution >= 4 is 9.84 Å². The molecule has 1 N–H and O–H groups in total. The molecule has 1 aromatic carbocycles. The van der Waals surface area contributed by atoms with Gasteiger partial charge in [0.05, 0.1) is 18.1 Å². The predicted molar refractivity (Wildman–Crippen MR) is 78.7 cm³/mol. The molecule has 0 saturated carbocycles. The second kappa shape index (κ2) is 5.04. The number of sulfone groups is 1. The van der Waals surface area contributed by atoms with Crippen LogP contribution in [0.2, 0.25) is 0 Å². The third kappa shape index (κ3) is 2.83. The number of fused-ring (bicyclic) bond motifs is 1. The van der Waals surface area contributed by atoms with Gasteiger partial charge in [-0.25, -0.2) is 8.42 Å². The van der Waals surface area contributed by atoms with Crippen LogP contribution in [-0.4, -0.2) is 33.1 Å². The average molecular weight is 295 g/mol. The van der Waals surface area contributed by atoms with Gasteiger partial charge in [-0.05, 0) is 36.6 Å². The normalized spacial score (nSPS) is 28.1. The average Bonchev–Trinajstić information content (AvgIpc) is 2.71. The van der Waals surface area contributed by atoms with E-state index >= 15 is 0 Å². The van der Waals surface area contributed by atoms with Crippen LogP contribution in [0.5, 0.6) is 5.75 Å². The minimum atomic E-state index is -2.87. The minimum Gasteiger partial charge on any atom is -0.493 e. The first-order valence-electron chi connectivity index (χ1n) is 7.12. The molecule has 4 nitrogen and oxygen atoms in total. The Morgan fingerprint density at radius 3 is 3.00 bits per heavy atom. The van der Waals surface area contributed by atoms with Crippen molar-refractivity contribution in [3.05, 3.63) is 29.3 Å². The summed E-state index contributed by atoms with van der Waals surface area (Å²) in [6.45, 7) is 4.35. The number of rotatable bonds is 3. The predicted octanol–water partition coefficient (Wildman–Crippen LogP) is 1.54. The van der Waals surface area contributed by atoms with Crippen LogP contribution in [0.4, 0.5) is 0 Å². The molecular formula is C15H21NO3S. The molecule has 5 heteroatoms. The first-order chi connectivity index (χ1) is 9.48. The summed E-state index contributed by atoms with van der Waals surface area (Å²) in [4.78, 5) is 0. The van der Waals surface area contributed by atoms with Gasteiger partial charge in [0.15, 0.2) is 9.84 Å². The summed E-state index contributed by atoms with van der Waals surface area (Å²) < 4.78 is 29.2. The van der Waals surface area contributed by atoms with Gasteiger partial charge in [0.2, 0.25) is 0 Å². The molecule has 3 rings (SSSR count). The molecule has 0 aliphatic carbocycles. The zero-order valence-corrected chi connectivity index (χ0v) is 12.6. The third-order valence-electron chi connectivity index (χ3n) is 4.26. The van der Waals surface area contributed by atoms with Crippen molar-refractivity contribution in [3.8, 4) is 5.75 Å². The highest BCUT2D eigenvalue weighted by Crippen LogP contribution is 2.33. The van der Waals surface area contributed by atoms with Crippen molar-refractivity contribution in [2.24, 2.45) is 5.41 Å². The van der Waals surface area contributed by atoms with Crippen molar-refractivity contribution in [3.63, 3.8) is 0 Å². The van der Waals surface area contributed by atoms with Crippen LogP contribution in [0, 0.1) is 5.41 Å². The van der Waals surface area contributed by atoms with Crippen LogP contribution in [-0.2, 0) is 22.8 Å². The lowest BCUT2D eigenvalue weighted by Crippen LogP contribution is -2.28. The maximum atomic E-state index is 11.6. The van der Waals surface area contributed by atoms with E-state index in [2.05, 4.69) is 11.4 Å². The molecule has 1 fully saturated rings. The fourth-order valence-corrected chi connectivity index (χ4v) is 5.31. The molecule has 0 amide bonds. The van der Waals surface area contributed by atoms with Gasteiger partial charge in [0.25, 0.3) is 0 Å². The quantitative estimate of drug-likeness (QED) is 0.919. The van der Waals surface area contributed by atoms with E-state index in [-0.39, 0.29) is 11.2 Å². The Labute approximate surface area is 120 Å². The molecule has 0 aromatic heterocycles. The van der Waals surface area contributed by atoms with Crippen molar-refractivity contribution in [2.45, 2.75) is 26.3 Å². The second-order valence-electron chi connectivity index (χ2n) is 6.26. The lowest BCUT2D eigenvalue weighted by Gasteiger charge is -2.25. The summed E-state index contributed by atoms with van der Waals surface area (Å²) in [7, 11) is -2.87. The smallest absolute Gasteiger partial charge is 0.151 e. The van der Waals surface area contributed by atoms with E-state index in [1.807, 2.05) is 19.1 Å². The van der Waals surface area contributed by atoms with Gasteiger partial charge in [-0.15, -0.1) is 0 Å². The van der Waals surface area contributed by atoms with Crippen LogP contribution in [0.15, 0.2) is 18.2 Å². The zero-order valence-electron chi connectivity index (χ0n) is 11.8. The van der Waals surface area contributed by atoms with E-state index in [0.717, 1.165) is 25.3 Å². The van der Waals surface area contributed by atoms with E-state index in [0.29, 0.717) is 18.8 Å². The first kappa shape index (κ1) is 13.9. The fourth-order valence-electron chi connectivity index (χ4n) is 3.08. The Morgan fingerprint density at radius 1 is 1.40 bits per heavy atom. The van der Waals surface area contributed by atoms with E-state index in [1.165, 1.54) is 11.1 Å². The molecular weight excluding hydrogens is 274 g/mol. The van der Waals surface area contributed by atoms with Gasteiger partial charge in [-0.2, -0.15) is 0 Å². The molecule has 2 aliphatic rings. The van der Waals surface area contributed by atoms with Crippen LogP contribution in [0.25, 0.3) is 0 Å². The molecule has 0 bridgehead atoms. The largest absolute Gasteiger partial charge is 0.493 e. The molecule has 1 saturated heterocycles. The number of hydrogen-bond donors (Lipinski definition) is 1. The van der Waals surface area contributed by atoms with Crippen molar-refractivity contribution in [1.29, 1.82) is 0 Å². The van der Waals surface area contributed by atoms with Crippen molar-refractivity contribution in [2.75, 3.05) is 24.7 Å². The Kier molecular flexibility index (Phi) is 3.50. The third-order valence-corrected chi connectivity index (χ3v) is 6.22. The fraction of sp³-hybridized carbons (Fsp3) is 0.600. The van der Waals surface area contributed by atoms with Crippen LogP contribution >= 0.6 is 0 Å². The first-order valence-corrected chi connectivity index (χ1v) is 8.94. The topological polar surface area (TPSA) is 55.4 Å². The summed E-state index contributed by atoms with van der Waals surface area (Å²) in [6.07, 6.45) is 1.67. The van der Waals surface area contributed by atoms with Gasteiger partial charge in [-0.3, -0.25) is 0 Å². The van der Waals surface area contributed by atoms with E-state index in [4.69, 9.17) is 4.74 Å². The monoisotopic (exact) mass is 295 g/mol. The molecule has 0 radical (unpaired) electrons. The highest BCUT2D eigenvalue weighted by atomic mass is 32.2. The SMILES string of the molecule is CC1(COc2cccc3c2CCNC3)CCS(=O)(=O)C1. The molecule has 2 aliphatic heterocycles. The summed E-state index contributed by atoms with van der Waals surface area (Å²) in [6, 6.07) is 6.13. The second-order valence-corrected chi connectivity index (χ2v) is 8.45. The standard InChI is InChI=1S/C15H21NO3S/c1-15(6-8-20(17,18)11-15)10-19-14-4-2-3-12-9-16-7-5-13(12)14/h2-4,16H,5-11H2,1H3. The number of benzene rings is 1. The van der Waals surface area contributed by atoms with E-state index in [1.54, 1.807) is 0 Å². The summed E-state index contributed by atoms with van der Waals surface area (Å²) in [5.41, 5.74) is 2.32. The van der Waals surface area contributed by atoms with Crippen LogP contribution < -0.4 is 10.1 Å². The lowest BCUT2D eigenvalue weighted by atomic mass is 9.91. The van der Waals surface area contributed by atoms with Crippen LogP contribution in [0.3, 0.4) is 0 Å². The Balaban J connectivity index is 1.73. The lowest BCUT2D eigenvalue weighted by molar-refractivity contribution is 0.184. The maximum Gasteiger partial charge on any atom is 0.151 e. The molecule has 110 valence electrons. The molecule has 1 unspecified atom stereocenters. The zero-order chi connectivity index (χ0) is 14.2. The Hall–Kier alpha value is -1.07. The number of ether oxygens (including phenoxy) is 1. The van der Waals surface area contributed by atoms with Gasteiger partial charge >= 0.3 is 0 Å². The van der Waals surface area contributed by atoms with Gasteiger partial charge in [0.1, 0.15) is 5.75 Å². The molecule has 1 atom stereocenters. The van der Waals surface area contributed by atoms with Gasteiger partial charge in [-0.1, -0.05) is 19.1 Å². The van der Waals surface area contributed by atoms with E-state index < -0.39 is 9.84 Å².